The molecule has 0 radical (unpaired) electrons. The fraction of sp³-hybridized carbons (Fsp3) is 0.375. The Labute approximate surface area is 124 Å². The van der Waals surface area contributed by atoms with Crippen molar-refractivity contribution in [1.29, 1.82) is 0 Å². The highest BCUT2D eigenvalue weighted by atomic mass is 16.3. The molecule has 0 atom stereocenters. The number of anilines is 1. The summed E-state index contributed by atoms with van der Waals surface area (Å²) in [6, 6.07) is 6.87. The van der Waals surface area contributed by atoms with Crippen molar-refractivity contribution in [3.63, 3.8) is 0 Å². The lowest BCUT2D eigenvalue weighted by Gasteiger charge is -2.23. The second kappa shape index (κ2) is 5.99. The molecule has 5 nitrogen and oxygen atoms in total. The van der Waals surface area contributed by atoms with Gasteiger partial charge in [0, 0.05) is 19.7 Å². The van der Waals surface area contributed by atoms with E-state index in [4.69, 9.17) is 0 Å². The minimum Gasteiger partial charge on any atom is -0.508 e. The molecular formula is C16H21N3O2. The zero-order valence-electron chi connectivity index (χ0n) is 12.9. The summed E-state index contributed by atoms with van der Waals surface area (Å²) in [7, 11) is 1.77. The maximum Gasteiger partial charge on any atom is 0.276 e. The summed E-state index contributed by atoms with van der Waals surface area (Å²) < 4.78 is 1.61. The molecule has 1 aromatic heterocycles. The summed E-state index contributed by atoms with van der Waals surface area (Å²) in [6.07, 6.45) is 0.790. The Morgan fingerprint density at radius 2 is 2.05 bits per heavy atom. The number of aryl methyl sites for hydroxylation is 3. The standard InChI is InChI=1S/C16H21N3O2/c1-5-12-9-15(18(4)17-12)16(21)19(6-2)14-10-13(20)8-7-11(14)3/h7-10,20H,5-6H2,1-4H3. The van der Waals surface area contributed by atoms with E-state index in [1.807, 2.05) is 26.8 Å². The number of amides is 1. The zero-order valence-corrected chi connectivity index (χ0v) is 12.9. The lowest BCUT2D eigenvalue weighted by atomic mass is 10.1. The van der Waals surface area contributed by atoms with Crippen molar-refractivity contribution >= 4 is 11.6 Å². The molecule has 0 aliphatic heterocycles. The predicted octanol–water partition coefficient (Wildman–Crippen LogP) is 2.66. The lowest BCUT2D eigenvalue weighted by Crippen LogP contribution is -2.32. The van der Waals surface area contributed by atoms with Crippen LogP contribution in [-0.2, 0) is 13.5 Å². The third kappa shape index (κ3) is 2.91. The number of carbonyl (C=O) groups is 1. The van der Waals surface area contributed by atoms with E-state index in [0.717, 1.165) is 23.4 Å². The van der Waals surface area contributed by atoms with Gasteiger partial charge in [0.25, 0.3) is 5.91 Å². The number of benzene rings is 1. The van der Waals surface area contributed by atoms with Gasteiger partial charge in [-0.15, -0.1) is 0 Å². The van der Waals surface area contributed by atoms with Gasteiger partial charge in [0.1, 0.15) is 11.4 Å². The zero-order chi connectivity index (χ0) is 15.6. The predicted molar refractivity (Wildman–Crippen MR) is 82.8 cm³/mol. The number of phenolic OH excluding ortho intramolecular Hbond substituents is 1. The van der Waals surface area contributed by atoms with E-state index in [1.165, 1.54) is 0 Å². The highest BCUT2D eigenvalue weighted by molar-refractivity contribution is 6.05. The van der Waals surface area contributed by atoms with Crippen LogP contribution in [0.2, 0.25) is 0 Å². The Morgan fingerprint density at radius 1 is 1.33 bits per heavy atom. The SMILES string of the molecule is CCc1cc(C(=O)N(CC)c2cc(O)ccc2C)n(C)n1. The molecule has 1 N–H and O–H groups in total. The molecule has 0 fully saturated rings. The Kier molecular flexibility index (Phi) is 4.31. The van der Waals surface area contributed by atoms with Crippen LogP contribution in [0.25, 0.3) is 0 Å². The van der Waals surface area contributed by atoms with Crippen LogP contribution in [0.15, 0.2) is 24.3 Å². The Hall–Kier alpha value is -2.30. The van der Waals surface area contributed by atoms with Gasteiger partial charge in [-0.05, 0) is 38.0 Å². The minimum absolute atomic E-state index is 0.110. The van der Waals surface area contributed by atoms with E-state index in [0.29, 0.717) is 12.2 Å². The van der Waals surface area contributed by atoms with Crippen LogP contribution in [0.5, 0.6) is 5.75 Å². The summed E-state index contributed by atoms with van der Waals surface area (Å²) in [5, 5.41) is 14.0. The average molecular weight is 287 g/mol. The molecule has 0 unspecified atom stereocenters. The maximum atomic E-state index is 12.8. The first-order valence-electron chi connectivity index (χ1n) is 7.12. The van der Waals surface area contributed by atoms with Crippen molar-refractivity contribution in [3.8, 4) is 5.75 Å². The van der Waals surface area contributed by atoms with Gasteiger partial charge in [0.05, 0.1) is 11.4 Å². The number of nitrogens with zero attached hydrogens (tertiary/aromatic N) is 3. The molecular weight excluding hydrogens is 266 g/mol. The van der Waals surface area contributed by atoms with Crippen LogP contribution >= 0.6 is 0 Å². The highest BCUT2D eigenvalue weighted by Crippen LogP contribution is 2.26. The Bertz CT molecular complexity index is 662. The number of rotatable bonds is 4. The highest BCUT2D eigenvalue weighted by Gasteiger charge is 2.21. The van der Waals surface area contributed by atoms with E-state index >= 15 is 0 Å². The summed E-state index contributed by atoms with van der Waals surface area (Å²) in [5.74, 6) is 0.0435. The van der Waals surface area contributed by atoms with Crippen molar-refractivity contribution in [2.24, 2.45) is 7.05 Å². The molecule has 2 aromatic rings. The fourth-order valence-electron chi connectivity index (χ4n) is 2.35. The molecule has 0 aliphatic carbocycles. The second-order valence-electron chi connectivity index (χ2n) is 5.02. The van der Waals surface area contributed by atoms with Gasteiger partial charge in [-0.25, -0.2) is 0 Å². The molecule has 0 saturated carbocycles. The van der Waals surface area contributed by atoms with Gasteiger partial charge in [0.2, 0.25) is 0 Å². The summed E-state index contributed by atoms with van der Waals surface area (Å²) in [6.45, 7) is 6.37. The molecule has 0 saturated heterocycles. The van der Waals surface area contributed by atoms with Crippen LogP contribution in [-0.4, -0.2) is 27.3 Å². The Balaban J connectivity index is 2.43. The number of hydrogen-bond donors (Lipinski definition) is 1. The van der Waals surface area contributed by atoms with Crippen molar-refractivity contribution in [2.45, 2.75) is 27.2 Å². The number of aromatic hydroxyl groups is 1. The van der Waals surface area contributed by atoms with Gasteiger partial charge >= 0.3 is 0 Å². The van der Waals surface area contributed by atoms with Crippen LogP contribution < -0.4 is 4.90 Å². The van der Waals surface area contributed by atoms with E-state index in [1.54, 1.807) is 34.8 Å². The van der Waals surface area contributed by atoms with E-state index in [9.17, 15) is 9.90 Å². The average Bonchev–Trinajstić information content (AvgIpc) is 2.84. The summed E-state index contributed by atoms with van der Waals surface area (Å²) >= 11 is 0. The summed E-state index contributed by atoms with van der Waals surface area (Å²) in [4.78, 5) is 14.4. The molecule has 1 amide bonds. The molecule has 112 valence electrons. The molecule has 1 heterocycles. The monoisotopic (exact) mass is 287 g/mol. The van der Waals surface area contributed by atoms with Gasteiger partial charge in [-0.1, -0.05) is 13.0 Å². The van der Waals surface area contributed by atoms with Crippen LogP contribution in [0.1, 0.15) is 35.6 Å². The molecule has 5 heteroatoms. The van der Waals surface area contributed by atoms with Crippen LogP contribution in [0.4, 0.5) is 5.69 Å². The van der Waals surface area contributed by atoms with Gasteiger partial charge in [-0.2, -0.15) is 5.10 Å². The molecule has 21 heavy (non-hydrogen) atoms. The molecule has 2 rings (SSSR count). The molecule has 0 spiro atoms. The Morgan fingerprint density at radius 3 is 2.62 bits per heavy atom. The van der Waals surface area contributed by atoms with Gasteiger partial charge < -0.3 is 10.0 Å². The number of hydrogen-bond acceptors (Lipinski definition) is 3. The van der Waals surface area contributed by atoms with E-state index < -0.39 is 0 Å². The molecule has 0 aliphatic rings. The molecule has 0 bridgehead atoms. The van der Waals surface area contributed by atoms with Crippen LogP contribution in [0, 0.1) is 6.92 Å². The third-order valence-electron chi connectivity index (χ3n) is 3.56. The number of carbonyl (C=O) groups excluding carboxylic acids is 1. The van der Waals surface area contributed by atoms with Gasteiger partial charge in [0.15, 0.2) is 0 Å². The molecule has 1 aromatic carbocycles. The normalized spacial score (nSPS) is 10.7. The first-order chi connectivity index (χ1) is 9.97. The first kappa shape index (κ1) is 15.1. The lowest BCUT2D eigenvalue weighted by molar-refractivity contribution is 0.0979. The number of aromatic nitrogens is 2. The smallest absolute Gasteiger partial charge is 0.276 e. The van der Waals surface area contributed by atoms with Crippen molar-refractivity contribution in [1.82, 2.24) is 9.78 Å². The third-order valence-corrected chi connectivity index (χ3v) is 3.56. The van der Waals surface area contributed by atoms with Crippen molar-refractivity contribution in [3.05, 3.63) is 41.2 Å². The first-order valence-corrected chi connectivity index (χ1v) is 7.12. The quantitative estimate of drug-likeness (QED) is 0.940. The second-order valence-corrected chi connectivity index (χ2v) is 5.02. The van der Waals surface area contributed by atoms with Crippen molar-refractivity contribution < 1.29 is 9.90 Å². The van der Waals surface area contributed by atoms with Crippen LogP contribution in [0.3, 0.4) is 0 Å². The van der Waals surface area contributed by atoms with Crippen molar-refractivity contribution in [2.75, 3.05) is 11.4 Å². The largest absolute Gasteiger partial charge is 0.508 e. The number of phenols is 1. The summed E-state index contributed by atoms with van der Waals surface area (Å²) in [5.41, 5.74) is 3.11. The fourth-order valence-corrected chi connectivity index (χ4v) is 2.35. The maximum absolute atomic E-state index is 12.8. The topological polar surface area (TPSA) is 58.4 Å². The van der Waals surface area contributed by atoms with Gasteiger partial charge in [-0.3, -0.25) is 9.48 Å². The van der Waals surface area contributed by atoms with E-state index in [-0.39, 0.29) is 11.7 Å². The van der Waals surface area contributed by atoms with E-state index in [2.05, 4.69) is 5.10 Å². The minimum atomic E-state index is -0.110.